The summed E-state index contributed by atoms with van der Waals surface area (Å²) in [7, 11) is 0. The molecule has 6 heteroatoms. The molecule has 0 aliphatic heterocycles. The Morgan fingerprint density at radius 2 is 2.27 bits per heavy atom. The van der Waals surface area contributed by atoms with Crippen molar-refractivity contribution in [3.05, 3.63) is 23.8 Å². The largest absolute Gasteiger partial charge is 0.274 e. The lowest BCUT2D eigenvalue weighted by Gasteiger charge is -2.02. The monoisotopic (exact) mass is 206 g/mol. The van der Waals surface area contributed by atoms with E-state index in [2.05, 4.69) is 20.9 Å². The number of aromatic nitrogens is 3. The molecule has 0 aliphatic rings. The molecule has 0 aliphatic carbocycles. The van der Waals surface area contributed by atoms with E-state index in [4.69, 9.17) is 4.84 Å². The van der Waals surface area contributed by atoms with E-state index < -0.39 is 0 Å². The molecule has 0 unspecified atom stereocenters. The normalized spacial score (nSPS) is 10.5. The molecule has 2 rings (SSSR count). The number of rotatable bonds is 3. The van der Waals surface area contributed by atoms with Crippen molar-refractivity contribution in [1.82, 2.24) is 20.9 Å². The molecule has 0 saturated heterocycles. The number of carbonyl (C=O) groups excluding carboxylic acids is 1. The second-order valence-electron chi connectivity index (χ2n) is 2.89. The van der Waals surface area contributed by atoms with Crippen LogP contribution in [0.3, 0.4) is 0 Å². The smallest absolute Gasteiger partial charge is 0.274 e. The molecule has 1 aromatic heterocycles. The summed E-state index contributed by atoms with van der Waals surface area (Å²) in [6.45, 7) is 2.22. The van der Waals surface area contributed by atoms with Gasteiger partial charge < -0.3 is 0 Å². The zero-order chi connectivity index (χ0) is 10.7. The maximum absolute atomic E-state index is 11.5. The van der Waals surface area contributed by atoms with E-state index in [1.54, 1.807) is 25.1 Å². The predicted octanol–water partition coefficient (Wildman–Crippen LogP) is 0.639. The van der Waals surface area contributed by atoms with E-state index >= 15 is 0 Å². The molecule has 2 N–H and O–H groups in total. The minimum absolute atomic E-state index is 0.290. The van der Waals surface area contributed by atoms with Crippen LogP contribution in [-0.2, 0) is 4.84 Å². The number of fused-ring (bicyclic) bond motifs is 1. The number of nitrogens with one attached hydrogen (secondary N) is 2. The lowest BCUT2D eigenvalue weighted by atomic mass is 10.2. The number of hydrogen-bond donors (Lipinski definition) is 2. The summed E-state index contributed by atoms with van der Waals surface area (Å²) in [6, 6.07) is 5.03. The fourth-order valence-electron chi connectivity index (χ4n) is 1.18. The number of carbonyl (C=O) groups is 1. The summed E-state index contributed by atoms with van der Waals surface area (Å²) in [5.74, 6) is -0.290. The Hall–Kier alpha value is -1.95. The number of amides is 1. The van der Waals surface area contributed by atoms with Crippen LogP contribution in [-0.4, -0.2) is 27.9 Å². The van der Waals surface area contributed by atoms with Gasteiger partial charge in [0.05, 0.1) is 6.61 Å². The van der Waals surface area contributed by atoms with E-state index in [9.17, 15) is 4.79 Å². The molecule has 0 atom stereocenters. The minimum atomic E-state index is -0.290. The van der Waals surface area contributed by atoms with Crippen molar-refractivity contribution in [2.24, 2.45) is 0 Å². The van der Waals surface area contributed by atoms with E-state index in [1.807, 2.05) is 0 Å². The van der Waals surface area contributed by atoms with Gasteiger partial charge in [-0.25, -0.2) is 5.48 Å². The Kier molecular flexibility index (Phi) is 2.59. The number of hydrogen-bond acceptors (Lipinski definition) is 4. The van der Waals surface area contributed by atoms with E-state index in [-0.39, 0.29) is 5.91 Å². The average molecular weight is 206 g/mol. The molecule has 78 valence electrons. The molecule has 0 saturated carbocycles. The number of aromatic amines is 1. The van der Waals surface area contributed by atoms with Crippen molar-refractivity contribution >= 4 is 16.9 Å². The SMILES string of the molecule is CCONC(=O)c1ccc2n[nH]nc2c1. The highest BCUT2D eigenvalue weighted by atomic mass is 16.6. The molecular formula is C9H10N4O2. The Morgan fingerprint density at radius 1 is 1.47 bits per heavy atom. The molecular weight excluding hydrogens is 196 g/mol. The van der Waals surface area contributed by atoms with Gasteiger partial charge >= 0.3 is 0 Å². The van der Waals surface area contributed by atoms with Gasteiger partial charge in [0.15, 0.2) is 0 Å². The van der Waals surface area contributed by atoms with Crippen LogP contribution < -0.4 is 5.48 Å². The van der Waals surface area contributed by atoms with Crippen molar-refractivity contribution in [2.75, 3.05) is 6.61 Å². The van der Waals surface area contributed by atoms with Crippen LogP contribution in [0, 0.1) is 0 Å². The topological polar surface area (TPSA) is 79.9 Å². The second kappa shape index (κ2) is 4.05. The second-order valence-corrected chi connectivity index (χ2v) is 2.89. The van der Waals surface area contributed by atoms with Crippen LogP contribution in [0.15, 0.2) is 18.2 Å². The van der Waals surface area contributed by atoms with Crippen molar-refractivity contribution in [3.63, 3.8) is 0 Å². The quantitative estimate of drug-likeness (QED) is 0.722. The standard InChI is InChI=1S/C9H10N4O2/c1-2-15-12-9(14)6-3-4-7-8(5-6)11-13-10-7/h3-5H,2H2,1H3,(H,12,14)(H,10,11,13). The molecule has 1 aromatic carbocycles. The highest BCUT2D eigenvalue weighted by Gasteiger charge is 2.07. The van der Waals surface area contributed by atoms with Gasteiger partial charge in [0.2, 0.25) is 0 Å². The number of benzene rings is 1. The molecule has 1 heterocycles. The van der Waals surface area contributed by atoms with Crippen LogP contribution in [0.4, 0.5) is 0 Å². The van der Waals surface area contributed by atoms with Crippen molar-refractivity contribution < 1.29 is 9.63 Å². The van der Waals surface area contributed by atoms with Crippen molar-refractivity contribution in [3.8, 4) is 0 Å². The third-order valence-electron chi connectivity index (χ3n) is 1.89. The van der Waals surface area contributed by atoms with Crippen LogP contribution >= 0.6 is 0 Å². The maximum atomic E-state index is 11.5. The Balaban J connectivity index is 2.23. The highest BCUT2D eigenvalue weighted by molar-refractivity contribution is 5.96. The number of nitrogens with zero attached hydrogens (tertiary/aromatic N) is 2. The van der Waals surface area contributed by atoms with Crippen LogP contribution in [0.25, 0.3) is 11.0 Å². The summed E-state index contributed by atoms with van der Waals surface area (Å²) >= 11 is 0. The molecule has 2 aromatic rings. The molecule has 15 heavy (non-hydrogen) atoms. The van der Waals surface area contributed by atoms with Gasteiger partial charge in [0.1, 0.15) is 11.0 Å². The Labute approximate surface area is 85.6 Å². The summed E-state index contributed by atoms with van der Waals surface area (Å²) in [5, 5.41) is 10.3. The van der Waals surface area contributed by atoms with Gasteiger partial charge in [-0.1, -0.05) is 0 Å². The zero-order valence-corrected chi connectivity index (χ0v) is 8.15. The number of H-pyrrole nitrogens is 1. The molecule has 0 radical (unpaired) electrons. The average Bonchev–Trinajstić information content (AvgIpc) is 2.72. The van der Waals surface area contributed by atoms with E-state index in [1.165, 1.54) is 0 Å². The zero-order valence-electron chi connectivity index (χ0n) is 8.15. The molecule has 0 fully saturated rings. The van der Waals surface area contributed by atoms with Crippen LogP contribution in [0.2, 0.25) is 0 Å². The molecule has 0 bridgehead atoms. The third-order valence-corrected chi connectivity index (χ3v) is 1.89. The maximum Gasteiger partial charge on any atom is 0.274 e. The fourth-order valence-corrected chi connectivity index (χ4v) is 1.18. The fraction of sp³-hybridized carbons (Fsp3) is 0.222. The van der Waals surface area contributed by atoms with E-state index in [0.29, 0.717) is 17.7 Å². The Bertz CT molecular complexity index is 480. The Morgan fingerprint density at radius 3 is 3.07 bits per heavy atom. The van der Waals surface area contributed by atoms with Gasteiger partial charge in [0, 0.05) is 5.56 Å². The molecule has 6 nitrogen and oxygen atoms in total. The molecule has 0 spiro atoms. The number of hydroxylamine groups is 1. The van der Waals surface area contributed by atoms with Crippen molar-refractivity contribution in [2.45, 2.75) is 6.92 Å². The first-order valence-electron chi connectivity index (χ1n) is 4.54. The van der Waals surface area contributed by atoms with E-state index in [0.717, 1.165) is 5.52 Å². The highest BCUT2D eigenvalue weighted by Crippen LogP contribution is 2.10. The van der Waals surface area contributed by atoms with Gasteiger partial charge in [0.25, 0.3) is 5.91 Å². The lowest BCUT2D eigenvalue weighted by molar-refractivity contribution is 0.0364. The summed E-state index contributed by atoms with van der Waals surface area (Å²) < 4.78 is 0. The van der Waals surface area contributed by atoms with Gasteiger partial charge in [-0.3, -0.25) is 9.63 Å². The molecule has 1 amide bonds. The van der Waals surface area contributed by atoms with Gasteiger partial charge in [-0.2, -0.15) is 15.4 Å². The minimum Gasteiger partial charge on any atom is -0.274 e. The lowest BCUT2D eigenvalue weighted by Crippen LogP contribution is -2.23. The summed E-state index contributed by atoms with van der Waals surface area (Å²) in [4.78, 5) is 16.3. The van der Waals surface area contributed by atoms with Crippen LogP contribution in [0.5, 0.6) is 0 Å². The van der Waals surface area contributed by atoms with Crippen LogP contribution in [0.1, 0.15) is 17.3 Å². The third kappa shape index (κ3) is 1.94. The summed E-state index contributed by atoms with van der Waals surface area (Å²) in [6.07, 6.45) is 0. The van der Waals surface area contributed by atoms with Crippen molar-refractivity contribution in [1.29, 1.82) is 0 Å². The first kappa shape index (κ1) is 9.60. The first-order chi connectivity index (χ1) is 7.31. The predicted molar refractivity (Wildman–Crippen MR) is 53.0 cm³/mol. The van der Waals surface area contributed by atoms with Gasteiger partial charge in [-0.15, -0.1) is 0 Å². The summed E-state index contributed by atoms with van der Waals surface area (Å²) in [5.41, 5.74) is 4.18. The van der Waals surface area contributed by atoms with Gasteiger partial charge in [-0.05, 0) is 25.1 Å². The first-order valence-corrected chi connectivity index (χ1v) is 4.54.